The first kappa shape index (κ1) is 24.4. The fourth-order valence-electron chi connectivity index (χ4n) is 3.75. The van der Waals surface area contributed by atoms with E-state index in [0.717, 1.165) is 32.4 Å². The Balaban J connectivity index is 1.52. The molecule has 4 aromatic rings. The summed E-state index contributed by atoms with van der Waals surface area (Å²) in [6.45, 7) is 4.58. The van der Waals surface area contributed by atoms with Gasteiger partial charge in [0.05, 0.1) is 12.8 Å². The highest BCUT2D eigenvalue weighted by atomic mass is 32.2. The summed E-state index contributed by atoms with van der Waals surface area (Å²) in [6, 6.07) is 31.4. The smallest absolute Gasteiger partial charge is 0.255 e. The molecule has 1 amide bonds. The van der Waals surface area contributed by atoms with E-state index < -0.39 is 0 Å². The van der Waals surface area contributed by atoms with Gasteiger partial charge in [-0.15, -0.1) is 0 Å². The molecule has 1 N–H and O–H groups in total. The van der Waals surface area contributed by atoms with Crippen molar-refractivity contribution in [2.75, 3.05) is 12.4 Å². The Morgan fingerprint density at radius 2 is 1.57 bits per heavy atom. The first-order valence-corrected chi connectivity index (χ1v) is 12.4. The zero-order valence-corrected chi connectivity index (χ0v) is 21.0. The van der Waals surface area contributed by atoms with Gasteiger partial charge in [0, 0.05) is 20.9 Å². The number of rotatable bonds is 9. The van der Waals surface area contributed by atoms with E-state index in [9.17, 15) is 4.79 Å². The molecule has 35 heavy (non-hydrogen) atoms. The zero-order valence-electron chi connectivity index (χ0n) is 20.2. The number of benzene rings is 4. The predicted molar refractivity (Wildman–Crippen MR) is 143 cm³/mol. The van der Waals surface area contributed by atoms with Crippen molar-refractivity contribution in [3.05, 3.63) is 114 Å². The van der Waals surface area contributed by atoms with Crippen LogP contribution in [0.1, 0.15) is 41.3 Å². The monoisotopic (exact) mass is 483 g/mol. The quantitative estimate of drug-likeness (QED) is 0.264. The first-order chi connectivity index (χ1) is 17.0. The van der Waals surface area contributed by atoms with Crippen molar-refractivity contribution in [1.29, 1.82) is 0 Å². The highest BCUT2D eigenvalue weighted by Crippen LogP contribution is 2.34. The molecule has 0 aromatic heterocycles. The summed E-state index contributed by atoms with van der Waals surface area (Å²) < 4.78 is 11.7. The Labute approximate surface area is 211 Å². The molecule has 0 saturated carbocycles. The van der Waals surface area contributed by atoms with Crippen LogP contribution in [0.4, 0.5) is 5.69 Å². The summed E-state index contributed by atoms with van der Waals surface area (Å²) in [5, 5.41) is 3.07. The topological polar surface area (TPSA) is 47.6 Å². The van der Waals surface area contributed by atoms with Gasteiger partial charge in [0.2, 0.25) is 0 Å². The van der Waals surface area contributed by atoms with Crippen LogP contribution in [-0.4, -0.2) is 13.0 Å². The highest BCUT2D eigenvalue weighted by Gasteiger charge is 2.14. The average molecular weight is 484 g/mol. The van der Waals surface area contributed by atoms with Gasteiger partial charge in [-0.05, 0) is 60.0 Å². The number of ether oxygens (including phenoxy) is 2. The molecule has 0 atom stereocenters. The van der Waals surface area contributed by atoms with Crippen molar-refractivity contribution in [1.82, 2.24) is 0 Å². The van der Waals surface area contributed by atoms with Crippen molar-refractivity contribution in [2.24, 2.45) is 0 Å². The number of hydrogen-bond acceptors (Lipinski definition) is 4. The van der Waals surface area contributed by atoms with E-state index in [1.807, 2.05) is 72.8 Å². The standard InChI is InChI=1S/C30H29NO3S/c1-21(2)25-13-7-9-15-28(25)34-20-23-19-22(17-18-27(23)33-3)30(32)31-26-14-8-10-16-29(26)35-24-11-5-4-6-12-24/h4-19,21H,20H2,1-3H3,(H,31,32). The molecule has 4 aromatic carbocycles. The van der Waals surface area contributed by atoms with Gasteiger partial charge in [0.15, 0.2) is 0 Å². The van der Waals surface area contributed by atoms with Gasteiger partial charge in [0.1, 0.15) is 18.1 Å². The van der Waals surface area contributed by atoms with Crippen LogP contribution in [0.3, 0.4) is 0 Å². The molecule has 0 unspecified atom stereocenters. The normalized spacial score (nSPS) is 10.7. The number of methoxy groups -OCH3 is 1. The molecule has 0 aliphatic carbocycles. The van der Waals surface area contributed by atoms with Crippen LogP contribution in [-0.2, 0) is 6.61 Å². The van der Waals surface area contributed by atoms with Crippen molar-refractivity contribution in [2.45, 2.75) is 36.2 Å². The number of nitrogens with one attached hydrogen (secondary N) is 1. The summed E-state index contributed by atoms with van der Waals surface area (Å²) in [7, 11) is 1.62. The van der Waals surface area contributed by atoms with E-state index in [2.05, 4.69) is 37.4 Å². The Bertz CT molecular complexity index is 1290. The molecule has 0 aliphatic rings. The number of para-hydroxylation sites is 2. The Hall–Kier alpha value is -3.70. The molecule has 0 fully saturated rings. The third-order valence-corrected chi connectivity index (χ3v) is 6.66. The fourth-order valence-corrected chi connectivity index (χ4v) is 4.67. The van der Waals surface area contributed by atoms with Gasteiger partial charge >= 0.3 is 0 Å². The number of amides is 1. The van der Waals surface area contributed by atoms with Gasteiger partial charge in [0.25, 0.3) is 5.91 Å². The molecule has 178 valence electrons. The molecule has 0 saturated heterocycles. The van der Waals surface area contributed by atoms with Crippen LogP contribution in [0.2, 0.25) is 0 Å². The summed E-state index contributed by atoms with van der Waals surface area (Å²) in [5.74, 6) is 1.69. The van der Waals surface area contributed by atoms with E-state index in [-0.39, 0.29) is 5.91 Å². The van der Waals surface area contributed by atoms with E-state index in [1.54, 1.807) is 24.9 Å². The van der Waals surface area contributed by atoms with E-state index in [4.69, 9.17) is 9.47 Å². The molecule has 0 aliphatic heterocycles. The number of carbonyl (C=O) groups excluding carboxylic acids is 1. The minimum Gasteiger partial charge on any atom is -0.496 e. The summed E-state index contributed by atoms with van der Waals surface area (Å²) in [4.78, 5) is 15.3. The molecule has 4 rings (SSSR count). The SMILES string of the molecule is COc1ccc(C(=O)Nc2ccccc2Sc2ccccc2)cc1COc1ccccc1C(C)C. The summed E-state index contributed by atoms with van der Waals surface area (Å²) >= 11 is 1.62. The second kappa shape index (κ2) is 11.6. The second-order valence-corrected chi connectivity index (χ2v) is 9.49. The van der Waals surface area contributed by atoms with Crippen LogP contribution in [0.15, 0.2) is 107 Å². The second-order valence-electron chi connectivity index (χ2n) is 8.37. The number of hydrogen-bond donors (Lipinski definition) is 1. The van der Waals surface area contributed by atoms with E-state index in [0.29, 0.717) is 23.8 Å². The average Bonchev–Trinajstić information content (AvgIpc) is 2.89. The van der Waals surface area contributed by atoms with Crippen LogP contribution in [0.5, 0.6) is 11.5 Å². The zero-order chi connectivity index (χ0) is 24.6. The minimum absolute atomic E-state index is 0.183. The van der Waals surface area contributed by atoms with Gasteiger partial charge in [-0.1, -0.05) is 74.1 Å². The Morgan fingerprint density at radius 1 is 0.857 bits per heavy atom. The lowest BCUT2D eigenvalue weighted by Gasteiger charge is -2.16. The van der Waals surface area contributed by atoms with Crippen LogP contribution in [0.25, 0.3) is 0 Å². The fraction of sp³-hybridized carbons (Fsp3) is 0.167. The molecule has 0 heterocycles. The van der Waals surface area contributed by atoms with Crippen LogP contribution in [0, 0.1) is 0 Å². The lowest BCUT2D eigenvalue weighted by Crippen LogP contribution is -2.13. The Kier molecular flexibility index (Phi) is 8.11. The van der Waals surface area contributed by atoms with Crippen molar-refractivity contribution in [3.8, 4) is 11.5 Å². The summed E-state index contributed by atoms with van der Waals surface area (Å²) in [6.07, 6.45) is 0. The van der Waals surface area contributed by atoms with Crippen molar-refractivity contribution in [3.63, 3.8) is 0 Å². The number of carbonyl (C=O) groups is 1. The summed E-state index contributed by atoms with van der Waals surface area (Å²) in [5.41, 5.74) is 3.27. The van der Waals surface area contributed by atoms with Crippen molar-refractivity contribution < 1.29 is 14.3 Å². The molecule has 5 heteroatoms. The van der Waals surface area contributed by atoms with Gasteiger partial charge in [-0.2, -0.15) is 0 Å². The third-order valence-electron chi connectivity index (χ3n) is 5.57. The molecule has 0 radical (unpaired) electrons. The van der Waals surface area contributed by atoms with Gasteiger partial charge < -0.3 is 14.8 Å². The largest absolute Gasteiger partial charge is 0.496 e. The first-order valence-electron chi connectivity index (χ1n) is 11.6. The third kappa shape index (κ3) is 6.25. The lowest BCUT2D eigenvalue weighted by molar-refractivity contribution is 0.102. The molecule has 0 spiro atoms. The molecule has 0 bridgehead atoms. The van der Waals surface area contributed by atoms with E-state index >= 15 is 0 Å². The van der Waals surface area contributed by atoms with Crippen LogP contribution >= 0.6 is 11.8 Å². The highest BCUT2D eigenvalue weighted by molar-refractivity contribution is 7.99. The number of anilines is 1. The maximum atomic E-state index is 13.2. The minimum atomic E-state index is -0.183. The Morgan fingerprint density at radius 3 is 2.34 bits per heavy atom. The van der Waals surface area contributed by atoms with Crippen molar-refractivity contribution >= 4 is 23.4 Å². The van der Waals surface area contributed by atoms with Gasteiger partial charge in [-0.3, -0.25) is 4.79 Å². The van der Waals surface area contributed by atoms with Gasteiger partial charge in [-0.25, -0.2) is 0 Å². The predicted octanol–water partition coefficient (Wildman–Crippen LogP) is 7.80. The molecular formula is C30H29NO3S. The maximum absolute atomic E-state index is 13.2. The lowest BCUT2D eigenvalue weighted by atomic mass is 10.0. The molecule has 4 nitrogen and oxygen atoms in total. The van der Waals surface area contributed by atoms with E-state index in [1.165, 1.54) is 0 Å². The maximum Gasteiger partial charge on any atom is 0.255 e. The molecular weight excluding hydrogens is 454 g/mol. The van der Waals surface area contributed by atoms with Crippen LogP contribution < -0.4 is 14.8 Å².